The summed E-state index contributed by atoms with van der Waals surface area (Å²) >= 11 is 0. The first kappa shape index (κ1) is 18.4. The summed E-state index contributed by atoms with van der Waals surface area (Å²) in [6, 6.07) is 20.5. The van der Waals surface area contributed by atoms with Crippen molar-refractivity contribution in [3.8, 4) is 5.75 Å². The van der Waals surface area contributed by atoms with Crippen LogP contribution in [0, 0.1) is 0 Å². The molecule has 1 saturated heterocycles. The molecular formula is C23H27N3O2. The van der Waals surface area contributed by atoms with Gasteiger partial charge >= 0.3 is 0 Å². The Labute approximate surface area is 166 Å². The van der Waals surface area contributed by atoms with Crippen LogP contribution < -0.4 is 14.5 Å². The second kappa shape index (κ2) is 8.40. The standard InChI is InChI=1S/C23H27N3O2/c1-24-12-14-26(15-13-24)20-10-11-22(28-18-19-7-4-3-5-8-19)21(17-20)25(2)23-9-6-16-27-23/h3-11,16-17H,12-15,18H2,1-2H3. The Hall–Kier alpha value is -2.92. The normalized spacial score (nSPS) is 14.9. The molecule has 1 aliphatic heterocycles. The molecular weight excluding hydrogens is 350 g/mol. The first-order chi connectivity index (χ1) is 13.7. The van der Waals surface area contributed by atoms with Crippen LogP contribution in [0.25, 0.3) is 0 Å². The number of hydrogen-bond donors (Lipinski definition) is 0. The molecule has 5 heteroatoms. The van der Waals surface area contributed by atoms with Gasteiger partial charge in [-0.3, -0.25) is 0 Å². The van der Waals surface area contributed by atoms with Crippen LogP contribution in [-0.2, 0) is 6.61 Å². The van der Waals surface area contributed by atoms with Gasteiger partial charge in [0.25, 0.3) is 0 Å². The third kappa shape index (κ3) is 4.15. The maximum absolute atomic E-state index is 6.19. The van der Waals surface area contributed by atoms with Gasteiger partial charge in [0.05, 0.1) is 12.0 Å². The topological polar surface area (TPSA) is 32.1 Å². The molecule has 0 saturated carbocycles. The fraction of sp³-hybridized carbons (Fsp3) is 0.304. The van der Waals surface area contributed by atoms with Gasteiger partial charge in [-0.15, -0.1) is 0 Å². The Bertz CT molecular complexity index is 872. The Balaban J connectivity index is 1.60. The van der Waals surface area contributed by atoms with E-state index in [4.69, 9.17) is 9.15 Å². The molecule has 0 radical (unpaired) electrons. The average Bonchev–Trinajstić information content (AvgIpc) is 3.28. The quantitative estimate of drug-likeness (QED) is 0.637. The van der Waals surface area contributed by atoms with E-state index in [1.54, 1.807) is 6.26 Å². The van der Waals surface area contributed by atoms with E-state index in [2.05, 4.69) is 47.2 Å². The number of nitrogens with zero attached hydrogens (tertiary/aromatic N) is 3. The summed E-state index contributed by atoms with van der Waals surface area (Å²) < 4.78 is 11.8. The molecule has 28 heavy (non-hydrogen) atoms. The second-order valence-corrected chi connectivity index (χ2v) is 7.23. The Morgan fingerprint density at radius 3 is 2.46 bits per heavy atom. The van der Waals surface area contributed by atoms with Crippen molar-refractivity contribution in [1.82, 2.24) is 4.90 Å². The molecule has 0 spiro atoms. The van der Waals surface area contributed by atoms with E-state index in [-0.39, 0.29) is 0 Å². The number of benzene rings is 2. The zero-order valence-electron chi connectivity index (χ0n) is 16.5. The number of likely N-dealkylation sites (N-methyl/N-ethyl adjacent to an activating group) is 1. The van der Waals surface area contributed by atoms with Crippen molar-refractivity contribution in [3.63, 3.8) is 0 Å². The SMILES string of the molecule is CN1CCN(c2ccc(OCc3ccccc3)c(N(C)c3ccco3)c2)CC1. The summed E-state index contributed by atoms with van der Waals surface area (Å²) in [6.45, 7) is 4.76. The molecule has 3 aromatic rings. The van der Waals surface area contributed by atoms with Crippen LogP contribution in [0.15, 0.2) is 71.3 Å². The molecule has 0 N–H and O–H groups in total. The molecule has 0 aliphatic carbocycles. The van der Waals surface area contributed by atoms with Crippen LogP contribution >= 0.6 is 0 Å². The van der Waals surface area contributed by atoms with E-state index in [0.29, 0.717) is 6.61 Å². The van der Waals surface area contributed by atoms with Gasteiger partial charge in [-0.25, -0.2) is 0 Å². The van der Waals surface area contributed by atoms with Crippen molar-refractivity contribution >= 4 is 17.3 Å². The smallest absolute Gasteiger partial charge is 0.199 e. The fourth-order valence-corrected chi connectivity index (χ4v) is 3.47. The van der Waals surface area contributed by atoms with Crippen molar-refractivity contribution in [3.05, 3.63) is 72.5 Å². The molecule has 0 amide bonds. The number of ether oxygens (including phenoxy) is 1. The largest absolute Gasteiger partial charge is 0.487 e. The maximum atomic E-state index is 6.19. The van der Waals surface area contributed by atoms with Crippen molar-refractivity contribution < 1.29 is 9.15 Å². The van der Waals surface area contributed by atoms with Crippen molar-refractivity contribution in [2.75, 3.05) is 50.1 Å². The molecule has 4 rings (SSSR count). The van der Waals surface area contributed by atoms with E-state index in [1.165, 1.54) is 5.69 Å². The van der Waals surface area contributed by atoms with Crippen LogP contribution in [-0.4, -0.2) is 45.2 Å². The first-order valence-electron chi connectivity index (χ1n) is 9.72. The van der Waals surface area contributed by atoms with Crippen molar-refractivity contribution in [2.24, 2.45) is 0 Å². The van der Waals surface area contributed by atoms with E-state index in [0.717, 1.165) is 49.1 Å². The van der Waals surface area contributed by atoms with Crippen molar-refractivity contribution in [1.29, 1.82) is 0 Å². The highest BCUT2D eigenvalue weighted by atomic mass is 16.5. The first-order valence-corrected chi connectivity index (χ1v) is 9.72. The molecule has 0 bridgehead atoms. The van der Waals surface area contributed by atoms with Crippen molar-refractivity contribution in [2.45, 2.75) is 6.61 Å². The molecule has 2 heterocycles. The van der Waals surface area contributed by atoms with Gasteiger partial charge in [0.15, 0.2) is 5.88 Å². The van der Waals surface area contributed by atoms with E-state index in [9.17, 15) is 0 Å². The van der Waals surface area contributed by atoms with E-state index < -0.39 is 0 Å². The van der Waals surface area contributed by atoms with Gasteiger partial charge in [0.1, 0.15) is 12.4 Å². The maximum Gasteiger partial charge on any atom is 0.199 e. The number of piperazine rings is 1. The van der Waals surface area contributed by atoms with Gasteiger partial charge in [-0.1, -0.05) is 30.3 Å². The van der Waals surface area contributed by atoms with Gasteiger partial charge in [0.2, 0.25) is 0 Å². The van der Waals surface area contributed by atoms with Gasteiger partial charge in [-0.05, 0) is 36.9 Å². The zero-order valence-corrected chi connectivity index (χ0v) is 16.5. The summed E-state index contributed by atoms with van der Waals surface area (Å²) in [5, 5.41) is 0. The summed E-state index contributed by atoms with van der Waals surface area (Å²) in [5.74, 6) is 1.64. The number of hydrogen-bond acceptors (Lipinski definition) is 5. The van der Waals surface area contributed by atoms with Crippen LogP contribution in [0.5, 0.6) is 5.75 Å². The molecule has 1 aromatic heterocycles. The van der Waals surface area contributed by atoms with E-state index in [1.807, 2.05) is 42.3 Å². The minimum Gasteiger partial charge on any atom is -0.487 e. The van der Waals surface area contributed by atoms with Gasteiger partial charge in [-0.2, -0.15) is 0 Å². The summed E-state index contributed by atoms with van der Waals surface area (Å²) in [4.78, 5) is 6.84. The lowest BCUT2D eigenvalue weighted by Gasteiger charge is -2.34. The Kier molecular flexibility index (Phi) is 5.53. The fourth-order valence-electron chi connectivity index (χ4n) is 3.47. The Morgan fingerprint density at radius 2 is 1.75 bits per heavy atom. The van der Waals surface area contributed by atoms with Crippen LogP contribution in [0.2, 0.25) is 0 Å². The van der Waals surface area contributed by atoms with Gasteiger partial charge in [0, 0.05) is 45.0 Å². The average molecular weight is 377 g/mol. The minimum atomic E-state index is 0.535. The zero-order chi connectivity index (χ0) is 19.3. The monoisotopic (exact) mass is 377 g/mol. The lowest BCUT2D eigenvalue weighted by molar-refractivity contribution is 0.306. The number of anilines is 3. The predicted molar refractivity (Wildman–Crippen MR) is 114 cm³/mol. The third-order valence-electron chi connectivity index (χ3n) is 5.25. The molecule has 1 aliphatic rings. The summed E-state index contributed by atoms with van der Waals surface area (Å²) in [6.07, 6.45) is 1.70. The van der Waals surface area contributed by atoms with E-state index >= 15 is 0 Å². The summed E-state index contributed by atoms with van der Waals surface area (Å²) in [5.41, 5.74) is 3.37. The highest BCUT2D eigenvalue weighted by molar-refractivity contribution is 5.71. The molecule has 5 nitrogen and oxygen atoms in total. The predicted octanol–water partition coefficient (Wildman–Crippen LogP) is 4.38. The molecule has 146 valence electrons. The highest BCUT2D eigenvalue weighted by Crippen LogP contribution is 2.37. The number of rotatable bonds is 6. The van der Waals surface area contributed by atoms with Crippen LogP contribution in [0.4, 0.5) is 17.3 Å². The molecule has 0 atom stereocenters. The molecule has 2 aromatic carbocycles. The number of furan rings is 1. The highest BCUT2D eigenvalue weighted by Gasteiger charge is 2.19. The second-order valence-electron chi connectivity index (χ2n) is 7.23. The molecule has 0 unspecified atom stereocenters. The lowest BCUT2D eigenvalue weighted by atomic mass is 10.2. The Morgan fingerprint density at radius 1 is 0.964 bits per heavy atom. The van der Waals surface area contributed by atoms with Gasteiger partial charge < -0.3 is 23.9 Å². The third-order valence-corrected chi connectivity index (χ3v) is 5.25. The minimum absolute atomic E-state index is 0.535. The van der Waals surface area contributed by atoms with Crippen LogP contribution in [0.1, 0.15) is 5.56 Å². The van der Waals surface area contributed by atoms with Crippen LogP contribution in [0.3, 0.4) is 0 Å². The summed E-state index contributed by atoms with van der Waals surface area (Å²) in [7, 11) is 4.19. The lowest BCUT2D eigenvalue weighted by Crippen LogP contribution is -2.44. The molecule has 1 fully saturated rings.